The Morgan fingerprint density at radius 3 is 2.43 bits per heavy atom. The van der Waals surface area contributed by atoms with Crippen molar-refractivity contribution < 1.29 is 23.1 Å². The summed E-state index contributed by atoms with van der Waals surface area (Å²) in [4.78, 5) is 12.6. The lowest BCUT2D eigenvalue weighted by molar-refractivity contribution is -0.128. The molecule has 1 aromatic carbocycles. The molecule has 7 heteroatoms. The summed E-state index contributed by atoms with van der Waals surface area (Å²) in [6.45, 7) is 5.54. The molecule has 0 radical (unpaired) electrons. The standard InChI is InChI=1S/C21H31NO5S/c1-19(2)16-9-10-21(19,18(23)11-16)14-28(25,26)22-13-20(3,24)12-15-5-7-17(27-4)8-6-15/h5-8,16,22,24H,9-14H2,1-4H3/t16-,20-,21-/m0/s1. The minimum absolute atomic E-state index is 0.0733. The lowest BCUT2D eigenvalue weighted by Gasteiger charge is -2.36. The van der Waals surface area contributed by atoms with Crippen molar-refractivity contribution in [2.75, 3.05) is 19.4 Å². The predicted molar refractivity (Wildman–Crippen MR) is 108 cm³/mol. The number of hydrogen-bond acceptors (Lipinski definition) is 5. The van der Waals surface area contributed by atoms with Crippen molar-refractivity contribution in [1.82, 2.24) is 4.72 Å². The van der Waals surface area contributed by atoms with E-state index in [1.54, 1.807) is 26.2 Å². The van der Waals surface area contributed by atoms with E-state index in [1.165, 1.54) is 0 Å². The Labute approximate surface area is 167 Å². The molecule has 0 heterocycles. The van der Waals surface area contributed by atoms with Gasteiger partial charge in [0.15, 0.2) is 0 Å². The topological polar surface area (TPSA) is 92.7 Å². The van der Waals surface area contributed by atoms with Crippen LogP contribution in [0.1, 0.15) is 45.6 Å². The van der Waals surface area contributed by atoms with Gasteiger partial charge in [0, 0.05) is 24.8 Å². The number of nitrogens with one attached hydrogen (secondary N) is 1. The van der Waals surface area contributed by atoms with Gasteiger partial charge in [-0.3, -0.25) is 4.79 Å². The number of Topliss-reactive ketones (excluding diaryl/α,β-unsaturated/α-hetero) is 1. The Bertz CT molecular complexity index is 844. The van der Waals surface area contributed by atoms with Crippen LogP contribution in [0.5, 0.6) is 5.75 Å². The van der Waals surface area contributed by atoms with Gasteiger partial charge in [0.2, 0.25) is 10.0 Å². The van der Waals surface area contributed by atoms with Crippen LogP contribution < -0.4 is 9.46 Å². The van der Waals surface area contributed by atoms with E-state index < -0.39 is 21.0 Å². The highest BCUT2D eigenvalue weighted by Gasteiger charge is 2.65. The second-order valence-corrected chi connectivity index (χ2v) is 11.1. The van der Waals surface area contributed by atoms with Crippen LogP contribution in [0, 0.1) is 16.7 Å². The Kier molecular flexibility index (Phi) is 5.40. The summed E-state index contributed by atoms with van der Waals surface area (Å²) in [5.41, 5.74) is -1.46. The van der Waals surface area contributed by atoms with Gasteiger partial charge >= 0.3 is 0 Å². The van der Waals surface area contributed by atoms with Gasteiger partial charge in [0.25, 0.3) is 0 Å². The van der Waals surface area contributed by atoms with E-state index in [-0.39, 0.29) is 29.4 Å². The third-order valence-corrected chi connectivity index (χ3v) is 8.45. The van der Waals surface area contributed by atoms with Gasteiger partial charge < -0.3 is 9.84 Å². The highest BCUT2D eigenvalue weighted by Crippen LogP contribution is 2.64. The van der Waals surface area contributed by atoms with Gasteiger partial charge in [-0.2, -0.15) is 0 Å². The van der Waals surface area contributed by atoms with Crippen LogP contribution >= 0.6 is 0 Å². The van der Waals surface area contributed by atoms with Gasteiger partial charge in [0.1, 0.15) is 11.5 Å². The van der Waals surface area contributed by atoms with Crippen LogP contribution in [-0.2, 0) is 21.2 Å². The third kappa shape index (κ3) is 3.84. The van der Waals surface area contributed by atoms with Crippen molar-refractivity contribution in [3.63, 3.8) is 0 Å². The summed E-state index contributed by atoms with van der Waals surface area (Å²) in [5.74, 6) is 0.876. The SMILES string of the molecule is COc1ccc(C[C@](C)(O)CNS(=O)(=O)C[C@@]23CC[C@@H](CC2=O)C3(C)C)cc1. The van der Waals surface area contributed by atoms with Crippen molar-refractivity contribution in [2.45, 2.75) is 52.1 Å². The molecule has 0 saturated heterocycles. The summed E-state index contributed by atoms with van der Waals surface area (Å²) in [6.07, 6.45) is 2.32. The van der Waals surface area contributed by atoms with Crippen LogP contribution in [-0.4, -0.2) is 44.3 Å². The van der Waals surface area contributed by atoms with Crippen molar-refractivity contribution in [2.24, 2.45) is 16.7 Å². The number of methoxy groups -OCH3 is 1. The van der Waals surface area contributed by atoms with Crippen LogP contribution in [0.2, 0.25) is 0 Å². The lowest BCUT2D eigenvalue weighted by Crippen LogP contribution is -2.48. The number of sulfonamides is 1. The highest BCUT2D eigenvalue weighted by molar-refractivity contribution is 7.89. The summed E-state index contributed by atoms with van der Waals surface area (Å²) >= 11 is 0. The maximum absolute atomic E-state index is 12.8. The Morgan fingerprint density at radius 1 is 1.29 bits per heavy atom. The molecule has 6 nitrogen and oxygen atoms in total. The van der Waals surface area contributed by atoms with Crippen LogP contribution in [0.15, 0.2) is 24.3 Å². The number of benzene rings is 1. The first-order chi connectivity index (χ1) is 12.9. The zero-order chi connectivity index (χ0) is 20.8. The second-order valence-electron chi connectivity index (χ2n) is 9.27. The molecule has 3 rings (SSSR count). The summed E-state index contributed by atoms with van der Waals surface area (Å²) < 4.78 is 33.3. The molecular formula is C21H31NO5S. The van der Waals surface area contributed by atoms with Crippen molar-refractivity contribution in [3.05, 3.63) is 29.8 Å². The van der Waals surface area contributed by atoms with Crippen LogP contribution in [0.25, 0.3) is 0 Å². The number of fused-ring (bicyclic) bond motifs is 2. The molecule has 0 amide bonds. The lowest BCUT2D eigenvalue weighted by atomic mass is 9.70. The first-order valence-corrected chi connectivity index (χ1v) is 11.4. The monoisotopic (exact) mass is 409 g/mol. The minimum atomic E-state index is -3.70. The van der Waals surface area contributed by atoms with Gasteiger partial charge in [-0.25, -0.2) is 13.1 Å². The Balaban J connectivity index is 1.64. The summed E-state index contributed by atoms with van der Waals surface area (Å²) in [7, 11) is -2.11. The largest absolute Gasteiger partial charge is 0.497 e. The average Bonchev–Trinajstić information content (AvgIpc) is 2.94. The quantitative estimate of drug-likeness (QED) is 0.687. The molecule has 0 aromatic heterocycles. The third-order valence-electron chi connectivity index (χ3n) is 6.99. The minimum Gasteiger partial charge on any atom is -0.497 e. The molecular weight excluding hydrogens is 378 g/mol. The zero-order valence-electron chi connectivity index (χ0n) is 17.1. The first-order valence-electron chi connectivity index (χ1n) is 9.77. The number of ketones is 1. The van der Waals surface area contributed by atoms with E-state index in [9.17, 15) is 18.3 Å². The van der Waals surface area contributed by atoms with Crippen molar-refractivity contribution >= 4 is 15.8 Å². The molecule has 2 fully saturated rings. The number of carbonyl (C=O) groups excluding carboxylic acids is 1. The van der Waals surface area contributed by atoms with Gasteiger partial charge in [-0.05, 0) is 48.8 Å². The molecule has 2 aliphatic rings. The molecule has 28 heavy (non-hydrogen) atoms. The molecule has 0 unspecified atom stereocenters. The molecule has 2 aliphatic carbocycles. The van der Waals surface area contributed by atoms with Gasteiger partial charge in [0.05, 0.1) is 18.5 Å². The van der Waals surface area contributed by atoms with Crippen LogP contribution in [0.4, 0.5) is 0 Å². The zero-order valence-corrected chi connectivity index (χ0v) is 17.9. The van der Waals surface area contributed by atoms with Gasteiger partial charge in [-0.1, -0.05) is 26.0 Å². The number of rotatable bonds is 8. The fourth-order valence-electron chi connectivity index (χ4n) is 4.99. The summed E-state index contributed by atoms with van der Waals surface area (Å²) in [6, 6.07) is 7.30. The normalized spacial score (nSPS) is 28.3. The molecule has 2 N–H and O–H groups in total. The molecule has 3 atom stereocenters. The molecule has 156 valence electrons. The van der Waals surface area contributed by atoms with E-state index in [0.29, 0.717) is 19.3 Å². The van der Waals surface area contributed by atoms with Gasteiger partial charge in [-0.15, -0.1) is 0 Å². The fraction of sp³-hybridized carbons (Fsp3) is 0.667. The van der Waals surface area contributed by atoms with E-state index in [2.05, 4.69) is 4.72 Å². The predicted octanol–water partition coefficient (Wildman–Crippen LogP) is 2.30. The highest BCUT2D eigenvalue weighted by atomic mass is 32.2. The number of hydrogen-bond donors (Lipinski definition) is 2. The van der Waals surface area contributed by atoms with Crippen LogP contribution in [0.3, 0.4) is 0 Å². The Morgan fingerprint density at radius 2 is 1.93 bits per heavy atom. The number of ether oxygens (including phenoxy) is 1. The van der Waals surface area contributed by atoms with Crippen molar-refractivity contribution in [3.8, 4) is 5.75 Å². The smallest absolute Gasteiger partial charge is 0.212 e. The first kappa shape index (κ1) is 21.3. The Hall–Kier alpha value is -1.44. The summed E-state index contributed by atoms with van der Waals surface area (Å²) in [5, 5.41) is 10.7. The molecule has 2 bridgehead atoms. The molecule has 1 aromatic rings. The molecule has 2 saturated carbocycles. The molecule has 0 aliphatic heterocycles. The van der Waals surface area contributed by atoms with E-state index >= 15 is 0 Å². The van der Waals surface area contributed by atoms with Crippen molar-refractivity contribution in [1.29, 1.82) is 0 Å². The number of aliphatic hydroxyl groups is 1. The maximum atomic E-state index is 12.8. The van der Waals surface area contributed by atoms with E-state index in [1.807, 2.05) is 26.0 Å². The fourth-order valence-corrected chi connectivity index (χ4v) is 6.95. The van der Waals surface area contributed by atoms with E-state index in [0.717, 1.165) is 17.7 Å². The van der Waals surface area contributed by atoms with E-state index in [4.69, 9.17) is 4.74 Å². The molecule has 0 spiro atoms. The maximum Gasteiger partial charge on any atom is 0.212 e. The second kappa shape index (κ2) is 7.11. The average molecular weight is 410 g/mol. The number of carbonyl (C=O) groups is 1.